The average Bonchev–Trinajstić information content (AvgIpc) is 2.50. The summed E-state index contributed by atoms with van der Waals surface area (Å²) in [6.45, 7) is 0. The Morgan fingerprint density at radius 1 is 0.727 bits per heavy atom. The molecule has 124 valence electrons. The van der Waals surface area contributed by atoms with Gasteiger partial charge in [0, 0.05) is 6.42 Å². The highest BCUT2D eigenvalue weighted by Crippen LogP contribution is 2.14. The van der Waals surface area contributed by atoms with E-state index < -0.39 is 5.97 Å². The first-order chi connectivity index (χ1) is 10.7. The molecule has 0 bridgehead atoms. The highest BCUT2D eigenvalue weighted by molar-refractivity contribution is 5.66. The van der Waals surface area contributed by atoms with Crippen molar-refractivity contribution in [3.8, 4) is 5.75 Å². The normalized spacial score (nSPS) is 10.7. The zero-order chi connectivity index (χ0) is 16.0. The van der Waals surface area contributed by atoms with Crippen molar-refractivity contribution < 1.29 is 15.0 Å². The van der Waals surface area contributed by atoms with Gasteiger partial charge in [0.15, 0.2) is 0 Å². The number of hydrogen-bond donors (Lipinski definition) is 2. The van der Waals surface area contributed by atoms with E-state index in [-0.39, 0.29) is 0 Å². The molecule has 0 saturated heterocycles. The summed E-state index contributed by atoms with van der Waals surface area (Å²) in [5, 5.41) is 17.7. The Morgan fingerprint density at radius 3 is 1.68 bits per heavy atom. The quantitative estimate of drug-likeness (QED) is 0.485. The number of benzene rings is 1. The average molecular weight is 306 g/mol. The van der Waals surface area contributed by atoms with Crippen LogP contribution in [-0.4, -0.2) is 16.2 Å². The number of carboxylic acids is 1. The number of phenols is 1. The summed E-state index contributed by atoms with van der Waals surface area (Å²) in [4.78, 5) is 10.4. The molecule has 2 N–H and O–H groups in total. The fourth-order valence-corrected chi connectivity index (χ4v) is 2.68. The fourth-order valence-electron chi connectivity index (χ4n) is 2.68. The molecule has 3 nitrogen and oxygen atoms in total. The van der Waals surface area contributed by atoms with Gasteiger partial charge < -0.3 is 10.2 Å². The highest BCUT2D eigenvalue weighted by atomic mass is 16.4. The molecule has 1 aromatic rings. The monoisotopic (exact) mass is 306 g/mol. The molecule has 0 atom stereocenters. The minimum atomic E-state index is -0.674. The fraction of sp³-hybridized carbons (Fsp3) is 0.632. The lowest BCUT2D eigenvalue weighted by Crippen LogP contribution is -1.93. The van der Waals surface area contributed by atoms with Gasteiger partial charge in [0.2, 0.25) is 0 Å². The molecule has 1 rings (SSSR count). The number of rotatable bonds is 13. The minimum absolute atomic E-state index is 0.320. The van der Waals surface area contributed by atoms with Crippen molar-refractivity contribution in [3.63, 3.8) is 0 Å². The maximum Gasteiger partial charge on any atom is 0.303 e. The van der Waals surface area contributed by atoms with Gasteiger partial charge >= 0.3 is 5.97 Å². The molecule has 22 heavy (non-hydrogen) atoms. The second-order valence-electron chi connectivity index (χ2n) is 6.10. The van der Waals surface area contributed by atoms with Crippen LogP contribution in [0.25, 0.3) is 0 Å². The van der Waals surface area contributed by atoms with Crippen LogP contribution < -0.4 is 0 Å². The second kappa shape index (κ2) is 12.1. The second-order valence-corrected chi connectivity index (χ2v) is 6.10. The Labute approximate surface area is 134 Å². The Hall–Kier alpha value is -1.51. The summed E-state index contributed by atoms with van der Waals surface area (Å²) in [6.07, 6.45) is 13.4. The summed E-state index contributed by atoms with van der Waals surface area (Å²) in [6, 6.07) is 7.51. The molecule has 0 aliphatic carbocycles. The van der Waals surface area contributed by atoms with Crippen LogP contribution >= 0.6 is 0 Å². The van der Waals surface area contributed by atoms with Gasteiger partial charge in [-0.1, -0.05) is 63.5 Å². The molecule has 0 saturated carbocycles. The SMILES string of the molecule is O=C(O)CCCCCCCCCCCCc1ccc(O)cc1. The maximum atomic E-state index is 10.4. The summed E-state index contributed by atoms with van der Waals surface area (Å²) in [7, 11) is 0. The van der Waals surface area contributed by atoms with Crippen molar-refractivity contribution in [2.45, 2.75) is 77.0 Å². The number of carboxylic acid groups (broad SMARTS) is 1. The number of carbonyl (C=O) groups is 1. The number of phenolic OH excluding ortho intramolecular Hbond substituents is 1. The van der Waals surface area contributed by atoms with E-state index in [2.05, 4.69) is 0 Å². The van der Waals surface area contributed by atoms with E-state index >= 15 is 0 Å². The van der Waals surface area contributed by atoms with Crippen molar-refractivity contribution >= 4 is 5.97 Å². The first kappa shape index (κ1) is 18.5. The standard InChI is InChI=1S/C19H30O3/c20-18-15-13-17(14-16-18)11-9-7-5-3-1-2-4-6-8-10-12-19(21)22/h13-16,20H,1-12H2,(H,21,22). The summed E-state index contributed by atoms with van der Waals surface area (Å²) in [5.41, 5.74) is 1.30. The minimum Gasteiger partial charge on any atom is -0.508 e. The Bertz CT molecular complexity index is 398. The molecule has 3 heteroatoms. The van der Waals surface area contributed by atoms with Crippen molar-refractivity contribution in [1.82, 2.24) is 0 Å². The Balaban J connectivity index is 1.82. The smallest absolute Gasteiger partial charge is 0.303 e. The molecule has 0 fully saturated rings. The van der Waals surface area contributed by atoms with E-state index in [4.69, 9.17) is 5.11 Å². The summed E-state index contributed by atoms with van der Waals surface area (Å²) < 4.78 is 0. The van der Waals surface area contributed by atoms with E-state index in [1.165, 1.54) is 56.9 Å². The van der Waals surface area contributed by atoms with Gasteiger partial charge in [-0.15, -0.1) is 0 Å². The lowest BCUT2D eigenvalue weighted by atomic mass is 10.0. The first-order valence-corrected chi connectivity index (χ1v) is 8.68. The van der Waals surface area contributed by atoms with E-state index in [1.54, 1.807) is 12.1 Å². The Morgan fingerprint density at radius 2 is 1.18 bits per heavy atom. The van der Waals surface area contributed by atoms with Crippen LogP contribution in [0.5, 0.6) is 5.75 Å². The zero-order valence-corrected chi connectivity index (χ0v) is 13.6. The number of aromatic hydroxyl groups is 1. The van der Waals surface area contributed by atoms with Crippen LogP contribution in [0.15, 0.2) is 24.3 Å². The first-order valence-electron chi connectivity index (χ1n) is 8.68. The van der Waals surface area contributed by atoms with Gasteiger partial charge in [-0.25, -0.2) is 0 Å². The molecule has 0 aromatic heterocycles. The lowest BCUT2D eigenvalue weighted by molar-refractivity contribution is -0.137. The van der Waals surface area contributed by atoms with Crippen molar-refractivity contribution in [2.24, 2.45) is 0 Å². The van der Waals surface area contributed by atoms with Gasteiger partial charge in [0.25, 0.3) is 0 Å². The van der Waals surface area contributed by atoms with E-state index in [9.17, 15) is 9.90 Å². The molecular formula is C19H30O3. The predicted molar refractivity (Wildman–Crippen MR) is 90.2 cm³/mol. The van der Waals surface area contributed by atoms with Crippen LogP contribution in [0.1, 0.15) is 76.2 Å². The third-order valence-electron chi connectivity index (χ3n) is 4.04. The molecule has 0 amide bonds. The molecule has 0 radical (unpaired) electrons. The van der Waals surface area contributed by atoms with Crippen LogP contribution in [0.4, 0.5) is 0 Å². The van der Waals surface area contributed by atoms with Crippen molar-refractivity contribution in [3.05, 3.63) is 29.8 Å². The Kier molecular flexibility index (Phi) is 10.2. The topological polar surface area (TPSA) is 57.5 Å². The largest absolute Gasteiger partial charge is 0.508 e. The van der Waals surface area contributed by atoms with Crippen LogP contribution in [0.2, 0.25) is 0 Å². The van der Waals surface area contributed by atoms with Gasteiger partial charge in [0.1, 0.15) is 5.75 Å². The van der Waals surface area contributed by atoms with Gasteiger partial charge in [-0.3, -0.25) is 4.79 Å². The van der Waals surface area contributed by atoms with Gasteiger partial charge in [-0.05, 0) is 37.0 Å². The van der Waals surface area contributed by atoms with E-state index in [0.717, 1.165) is 19.3 Å². The number of unbranched alkanes of at least 4 members (excludes halogenated alkanes) is 9. The third-order valence-corrected chi connectivity index (χ3v) is 4.04. The number of hydrogen-bond acceptors (Lipinski definition) is 2. The third kappa shape index (κ3) is 10.3. The highest BCUT2D eigenvalue weighted by Gasteiger charge is 1.97. The maximum absolute atomic E-state index is 10.4. The molecule has 0 heterocycles. The molecule has 1 aromatic carbocycles. The van der Waals surface area contributed by atoms with Crippen LogP contribution in [0, 0.1) is 0 Å². The molecule has 0 aliphatic heterocycles. The number of aryl methyl sites for hydroxylation is 1. The van der Waals surface area contributed by atoms with Crippen molar-refractivity contribution in [2.75, 3.05) is 0 Å². The van der Waals surface area contributed by atoms with Gasteiger partial charge in [0.05, 0.1) is 0 Å². The van der Waals surface area contributed by atoms with Crippen LogP contribution in [-0.2, 0) is 11.2 Å². The molecule has 0 unspecified atom stereocenters. The van der Waals surface area contributed by atoms with E-state index in [1.807, 2.05) is 12.1 Å². The molecule has 0 aliphatic rings. The van der Waals surface area contributed by atoms with Gasteiger partial charge in [-0.2, -0.15) is 0 Å². The predicted octanol–water partition coefficient (Wildman–Crippen LogP) is 5.31. The zero-order valence-electron chi connectivity index (χ0n) is 13.6. The number of aliphatic carboxylic acids is 1. The lowest BCUT2D eigenvalue weighted by Gasteiger charge is -2.03. The van der Waals surface area contributed by atoms with E-state index in [0.29, 0.717) is 12.2 Å². The summed E-state index contributed by atoms with van der Waals surface area (Å²) in [5.74, 6) is -0.334. The van der Waals surface area contributed by atoms with Crippen LogP contribution in [0.3, 0.4) is 0 Å². The summed E-state index contributed by atoms with van der Waals surface area (Å²) >= 11 is 0. The molecule has 0 spiro atoms. The van der Waals surface area contributed by atoms with Crippen molar-refractivity contribution in [1.29, 1.82) is 0 Å². The molecular weight excluding hydrogens is 276 g/mol.